The molecule has 0 spiro atoms. The molecule has 1 unspecified atom stereocenters. The minimum absolute atomic E-state index is 0.142. The van der Waals surface area contributed by atoms with Gasteiger partial charge in [0.25, 0.3) is 5.91 Å². The minimum atomic E-state index is 0.142. The predicted molar refractivity (Wildman–Crippen MR) is 104 cm³/mol. The second-order valence-electron chi connectivity index (χ2n) is 8.14. The van der Waals surface area contributed by atoms with E-state index in [4.69, 9.17) is 0 Å². The van der Waals surface area contributed by atoms with Gasteiger partial charge >= 0.3 is 0 Å². The Bertz CT molecular complexity index is 637. The second-order valence-corrected chi connectivity index (χ2v) is 8.14. The number of rotatable bonds is 3. The number of carbonyl (C=O) groups is 1. The molecule has 6 nitrogen and oxygen atoms in total. The van der Waals surface area contributed by atoms with Gasteiger partial charge in [-0.1, -0.05) is 6.42 Å². The van der Waals surface area contributed by atoms with Crippen molar-refractivity contribution in [3.8, 4) is 0 Å². The minimum Gasteiger partial charge on any atom is -0.353 e. The third kappa shape index (κ3) is 3.58. The second kappa shape index (κ2) is 7.53. The van der Waals surface area contributed by atoms with E-state index in [9.17, 15) is 4.79 Å². The van der Waals surface area contributed by atoms with E-state index in [-0.39, 0.29) is 5.91 Å². The summed E-state index contributed by atoms with van der Waals surface area (Å²) in [6.45, 7) is 9.17. The van der Waals surface area contributed by atoms with Gasteiger partial charge in [-0.25, -0.2) is 4.98 Å². The van der Waals surface area contributed by atoms with E-state index in [0.29, 0.717) is 12.1 Å². The molecular formula is C20H31N5O. The number of carbonyl (C=O) groups excluding carboxylic acids is 1. The molecule has 6 heteroatoms. The Hall–Kier alpha value is -1.66. The molecule has 142 valence electrons. The van der Waals surface area contributed by atoms with Crippen molar-refractivity contribution < 1.29 is 4.79 Å². The highest BCUT2D eigenvalue weighted by Crippen LogP contribution is 2.27. The molecule has 4 heterocycles. The van der Waals surface area contributed by atoms with Gasteiger partial charge in [-0.3, -0.25) is 9.69 Å². The largest absolute Gasteiger partial charge is 0.353 e. The SMILES string of the molecule is CC1CCCCN1C1CN(c2cc(C(=O)N3CCN(C)CC3)ccn2)C1. The monoisotopic (exact) mass is 357 g/mol. The average molecular weight is 358 g/mol. The summed E-state index contributed by atoms with van der Waals surface area (Å²) in [5.41, 5.74) is 0.773. The topological polar surface area (TPSA) is 42.9 Å². The number of piperazine rings is 1. The highest BCUT2D eigenvalue weighted by Gasteiger charge is 2.36. The molecule has 0 N–H and O–H groups in total. The van der Waals surface area contributed by atoms with Crippen molar-refractivity contribution in [2.45, 2.75) is 38.3 Å². The molecule has 1 aromatic rings. The van der Waals surface area contributed by atoms with Crippen molar-refractivity contribution in [2.24, 2.45) is 0 Å². The number of aromatic nitrogens is 1. The Morgan fingerprint density at radius 3 is 2.62 bits per heavy atom. The van der Waals surface area contributed by atoms with Gasteiger partial charge in [-0.05, 0) is 45.5 Å². The van der Waals surface area contributed by atoms with E-state index >= 15 is 0 Å². The number of nitrogens with zero attached hydrogens (tertiary/aromatic N) is 5. The quantitative estimate of drug-likeness (QED) is 0.821. The summed E-state index contributed by atoms with van der Waals surface area (Å²) in [6.07, 6.45) is 5.81. The van der Waals surface area contributed by atoms with Gasteiger partial charge in [0.1, 0.15) is 5.82 Å². The average Bonchev–Trinajstić information content (AvgIpc) is 2.62. The van der Waals surface area contributed by atoms with Crippen LogP contribution in [0.25, 0.3) is 0 Å². The van der Waals surface area contributed by atoms with Crippen LogP contribution >= 0.6 is 0 Å². The van der Waals surface area contributed by atoms with Crippen LogP contribution in [0.4, 0.5) is 5.82 Å². The first-order valence-corrected chi connectivity index (χ1v) is 10.1. The number of piperidine rings is 1. The summed E-state index contributed by atoms with van der Waals surface area (Å²) in [6, 6.07) is 5.18. The summed E-state index contributed by atoms with van der Waals surface area (Å²) in [5.74, 6) is 1.09. The smallest absolute Gasteiger partial charge is 0.254 e. The van der Waals surface area contributed by atoms with Crippen LogP contribution in [0.1, 0.15) is 36.5 Å². The number of likely N-dealkylation sites (N-methyl/N-ethyl adjacent to an activating group) is 1. The summed E-state index contributed by atoms with van der Waals surface area (Å²) in [7, 11) is 2.11. The summed E-state index contributed by atoms with van der Waals surface area (Å²) < 4.78 is 0. The number of anilines is 1. The zero-order valence-electron chi connectivity index (χ0n) is 16.1. The molecule has 1 aromatic heterocycles. The highest BCUT2D eigenvalue weighted by atomic mass is 16.2. The maximum absolute atomic E-state index is 12.8. The number of pyridine rings is 1. The molecule has 0 radical (unpaired) electrons. The van der Waals surface area contributed by atoms with Crippen LogP contribution in [-0.4, -0.2) is 90.5 Å². The Morgan fingerprint density at radius 2 is 1.88 bits per heavy atom. The van der Waals surface area contributed by atoms with Crippen molar-refractivity contribution in [3.63, 3.8) is 0 Å². The molecule has 26 heavy (non-hydrogen) atoms. The Labute approximate surface area is 156 Å². The summed E-state index contributed by atoms with van der Waals surface area (Å²) in [4.78, 5) is 26.5. The lowest BCUT2D eigenvalue weighted by Crippen LogP contribution is -2.62. The molecular weight excluding hydrogens is 326 g/mol. The highest BCUT2D eigenvalue weighted by molar-refractivity contribution is 5.95. The molecule has 3 saturated heterocycles. The standard InChI is InChI=1S/C20H31N5O/c1-16-5-3-4-8-25(16)18-14-24(15-18)19-13-17(6-7-21-19)20(26)23-11-9-22(2)10-12-23/h6-7,13,16,18H,3-5,8-12,14-15H2,1-2H3. The number of hydrogen-bond donors (Lipinski definition) is 0. The fourth-order valence-corrected chi connectivity index (χ4v) is 4.43. The van der Waals surface area contributed by atoms with Gasteiger partial charge in [0.05, 0.1) is 0 Å². The van der Waals surface area contributed by atoms with Crippen molar-refractivity contribution >= 4 is 11.7 Å². The van der Waals surface area contributed by atoms with Crippen molar-refractivity contribution in [1.29, 1.82) is 0 Å². The maximum Gasteiger partial charge on any atom is 0.254 e. The van der Waals surface area contributed by atoms with Crippen LogP contribution in [0.15, 0.2) is 18.3 Å². The third-order valence-electron chi connectivity index (χ3n) is 6.29. The van der Waals surface area contributed by atoms with E-state index in [1.165, 1.54) is 25.8 Å². The molecule has 3 aliphatic heterocycles. The maximum atomic E-state index is 12.8. The van der Waals surface area contributed by atoms with Crippen molar-refractivity contribution in [1.82, 2.24) is 19.7 Å². The van der Waals surface area contributed by atoms with Crippen LogP contribution < -0.4 is 4.90 Å². The molecule has 3 fully saturated rings. The molecule has 0 aliphatic carbocycles. The lowest BCUT2D eigenvalue weighted by atomic mass is 9.97. The molecule has 0 bridgehead atoms. The Balaban J connectivity index is 1.37. The lowest BCUT2D eigenvalue weighted by Gasteiger charge is -2.49. The van der Waals surface area contributed by atoms with Gasteiger partial charge in [0.15, 0.2) is 0 Å². The normalized spacial score (nSPS) is 26.0. The van der Waals surface area contributed by atoms with Crippen LogP contribution in [0, 0.1) is 0 Å². The summed E-state index contributed by atoms with van der Waals surface area (Å²) >= 11 is 0. The van der Waals surface area contributed by atoms with Crippen LogP contribution in [-0.2, 0) is 0 Å². The zero-order valence-corrected chi connectivity index (χ0v) is 16.1. The van der Waals surface area contributed by atoms with Crippen LogP contribution in [0.5, 0.6) is 0 Å². The fraction of sp³-hybridized carbons (Fsp3) is 0.700. The zero-order chi connectivity index (χ0) is 18.1. The van der Waals surface area contributed by atoms with Crippen LogP contribution in [0.3, 0.4) is 0 Å². The van der Waals surface area contributed by atoms with Gasteiger partial charge in [-0.15, -0.1) is 0 Å². The summed E-state index contributed by atoms with van der Waals surface area (Å²) in [5, 5.41) is 0. The molecule has 0 saturated carbocycles. The Kier molecular flexibility index (Phi) is 5.14. The van der Waals surface area contributed by atoms with Gasteiger partial charge < -0.3 is 14.7 Å². The van der Waals surface area contributed by atoms with E-state index in [1.807, 2.05) is 17.0 Å². The predicted octanol–water partition coefficient (Wildman–Crippen LogP) is 1.53. The molecule has 3 aliphatic rings. The first-order valence-electron chi connectivity index (χ1n) is 10.1. The van der Waals surface area contributed by atoms with E-state index in [2.05, 4.69) is 33.7 Å². The first kappa shape index (κ1) is 17.7. The first-order chi connectivity index (χ1) is 12.6. The molecule has 1 amide bonds. The molecule has 0 aromatic carbocycles. The number of hydrogen-bond acceptors (Lipinski definition) is 5. The van der Waals surface area contributed by atoms with Gasteiger partial charge in [-0.2, -0.15) is 0 Å². The lowest BCUT2D eigenvalue weighted by molar-refractivity contribution is 0.0664. The van der Waals surface area contributed by atoms with E-state index < -0.39 is 0 Å². The van der Waals surface area contributed by atoms with E-state index in [1.54, 1.807) is 6.20 Å². The van der Waals surface area contributed by atoms with Gasteiger partial charge in [0, 0.05) is 63.1 Å². The Morgan fingerprint density at radius 1 is 1.12 bits per heavy atom. The van der Waals surface area contributed by atoms with Crippen molar-refractivity contribution in [3.05, 3.63) is 23.9 Å². The van der Waals surface area contributed by atoms with Gasteiger partial charge in [0.2, 0.25) is 0 Å². The fourth-order valence-electron chi connectivity index (χ4n) is 4.43. The number of amides is 1. The molecule has 4 rings (SSSR count). The molecule has 1 atom stereocenters. The third-order valence-corrected chi connectivity index (χ3v) is 6.29. The van der Waals surface area contributed by atoms with Crippen molar-refractivity contribution in [2.75, 3.05) is 57.8 Å². The van der Waals surface area contributed by atoms with Crippen LogP contribution in [0.2, 0.25) is 0 Å². The van der Waals surface area contributed by atoms with E-state index in [0.717, 1.165) is 50.6 Å². The number of likely N-dealkylation sites (tertiary alicyclic amines) is 1.